The van der Waals surface area contributed by atoms with Gasteiger partial charge in [-0.05, 0) is 5.56 Å². The van der Waals surface area contributed by atoms with Crippen LogP contribution in [0.1, 0.15) is 5.56 Å². The number of nitro groups is 2. The molecule has 10 nitrogen and oxygen atoms in total. The van der Waals surface area contributed by atoms with Gasteiger partial charge in [-0.1, -0.05) is 30.3 Å². The van der Waals surface area contributed by atoms with E-state index in [0.717, 1.165) is 5.56 Å². The molecular formula is C15H15ClN4O6S. The predicted molar refractivity (Wildman–Crippen MR) is 99.3 cm³/mol. The summed E-state index contributed by atoms with van der Waals surface area (Å²) in [4.78, 5) is 21.9. The van der Waals surface area contributed by atoms with Crippen LogP contribution in [0.5, 0.6) is 0 Å². The van der Waals surface area contributed by atoms with Gasteiger partial charge >= 0.3 is 11.4 Å². The monoisotopic (exact) mass is 414 g/mol. The maximum absolute atomic E-state index is 11.6. The third kappa shape index (κ3) is 4.90. The number of primary sulfonamides is 1. The van der Waals surface area contributed by atoms with E-state index >= 15 is 0 Å². The minimum Gasteiger partial charge on any atom is -0.355 e. The summed E-state index contributed by atoms with van der Waals surface area (Å²) in [6.45, 7) is 0.164. The van der Waals surface area contributed by atoms with Gasteiger partial charge in [-0.25, -0.2) is 13.6 Å². The lowest BCUT2D eigenvalue weighted by Gasteiger charge is -2.23. The quantitative estimate of drug-likeness (QED) is 0.395. The third-order valence-corrected chi connectivity index (χ3v) is 4.71. The summed E-state index contributed by atoms with van der Waals surface area (Å²) in [6.07, 6.45) is 0. The molecule has 27 heavy (non-hydrogen) atoms. The first kappa shape index (κ1) is 20.6. The Morgan fingerprint density at radius 2 is 1.56 bits per heavy atom. The zero-order chi connectivity index (χ0) is 20.2. The molecule has 0 spiro atoms. The molecule has 0 atom stereocenters. The third-order valence-electron chi connectivity index (χ3n) is 3.65. The van der Waals surface area contributed by atoms with Crippen molar-refractivity contribution in [1.29, 1.82) is 0 Å². The fourth-order valence-corrected chi connectivity index (χ4v) is 3.28. The number of rotatable bonds is 8. The van der Waals surface area contributed by atoms with Crippen LogP contribution in [0.15, 0.2) is 47.4 Å². The highest BCUT2D eigenvalue weighted by Gasteiger charge is 2.33. The van der Waals surface area contributed by atoms with E-state index in [-0.39, 0.29) is 24.7 Å². The normalized spacial score (nSPS) is 11.2. The zero-order valence-corrected chi connectivity index (χ0v) is 15.4. The smallest absolute Gasteiger partial charge is 0.301 e. The van der Waals surface area contributed by atoms with E-state index in [1.165, 1.54) is 4.90 Å². The van der Waals surface area contributed by atoms with Gasteiger partial charge in [0.2, 0.25) is 10.0 Å². The Labute approximate surface area is 159 Å². The first-order valence-corrected chi connectivity index (χ1v) is 9.57. The van der Waals surface area contributed by atoms with Crippen LogP contribution < -0.4 is 10.0 Å². The average molecular weight is 415 g/mol. The second kappa shape index (κ2) is 8.29. The molecule has 0 aliphatic rings. The second-order valence-electron chi connectivity index (χ2n) is 5.47. The largest absolute Gasteiger partial charge is 0.355 e. The molecule has 144 valence electrons. The zero-order valence-electron chi connectivity index (χ0n) is 13.8. The first-order valence-electron chi connectivity index (χ1n) is 7.49. The molecule has 0 aliphatic carbocycles. The summed E-state index contributed by atoms with van der Waals surface area (Å²) in [5, 5.41) is 28.0. The lowest BCUT2D eigenvalue weighted by molar-refractivity contribution is -0.393. The van der Waals surface area contributed by atoms with Crippen LogP contribution in [0, 0.1) is 20.2 Å². The lowest BCUT2D eigenvalue weighted by atomic mass is 10.1. The van der Waals surface area contributed by atoms with E-state index in [4.69, 9.17) is 16.7 Å². The molecule has 0 bridgehead atoms. The summed E-state index contributed by atoms with van der Waals surface area (Å²) in [7, 11) is -4.38. The van der Waals surface area contributed by atoms with Gasteiger partial charge < -0.3 is 4.90 Å². The van der Waals surface area contributed by atoms with Crippen molar-refractivity contribution in [3.8, 4) is 0 Å². The van der Waals surface area contributed by atoms with Crippen molar-refractivity contribution < 1.29 is 18.3 Å². The van der Waals surface area contributed by atoms with E-state index in [0.29, 0.717) is 12.1 Å². The number of benzene rings is 2. The van der Waals surface area contributed by atoms with Crippen LogP contribution in [0.4, 0.5) is 17.1 Å². The fourth-order valence-electron chi connectivity index (χ4n) is 2.52. The van der Waals surface area contributed by atoms with Crippen molar-refractivity contribution in [2.75, 3.05) is 17.3 Å². The standard InChI is InChI=1S/C15H15ClN4O6S/c16-6-7-18(10-11-4-2-1-3-5-11)15-13(19(21)22)8-12(27(17,25)26)9-14(15)20(23)24/h1-5,8-9H,6-7,10H2,(H2,17,25,26). The van der Waals surface area contributed by atoms with Crippen molar-refractivity contribution in [3.63, 3.8) is 0 Å². The Morgan fingerprint density at radius 1 is 1.04 bits per heavy atom. The van der Waals surface area contributed by atoms with Gasteiger partial charge in [-0.2, -0.15) is 0 Å². The number of hydrogen-bond donors (Lipinski definition) is 1. The average Bonchev–Trinajstić information content (AvgIpc) is 2.60. The van der Waals surface area contributed by atoms with Gasteiger partial charge in [0.05, 0.1) is 14.7 Å². The first-order chi connectivity index (χ1) is 12.6. The Hall–Kier alpha value is -2.76. The van der Waals surface area contributed by atoms with Crippen LogP contribution in [-0.4, -0.2) is 30.7 Å². The number of nitro benzene ring substituents is 2. The van der Waals surface area contributed by atoms with Crippen LogP contribution in [0.2, 0.25) is 0 Å². The van der Waals surface area contributed by atoms with Crippen LogP contribution in [-0.2, 0) is 16.6 Å². The minimum absolute atomic E-state index is 0.0398. The number of hydrogen-bond acceptors (Lipinski definition) is 7. The van der Waals surface area contributed by atoms with Gasteiger partial charge in [0.25, 0.3) is 0 Å². The molecule has 0 aliphatic heterocycles. The van der Waals surface area contributed by atoms with Gasteiger partial charge in [0.1, 0.15) is 0 Å². The molecule has 12 heteroatoms. The summed E-state index contributed by atoms with van der Waals surface area (Å²) in [5.41, 5.74) is -1.08. The molecule has 2 aromatic rings. The van der Waals surface area contributed by atoms with E-state index < -0.39 is 36.1 Å². The predicted octanol–water partition coefficient (Wildman–Crippen LogP) is 2.40. The van der Waals surface area contributed by atoms with Gasteiger partial charge in [0.15, 0.2) is 5.69 Å². The van der Waals surface area contributed by atoms with E-state index in [1.807, 2.05) is 0 Å². The van der Waals surface area contributed by atoms with Crippen molar-refractivity contribution in [2.24, 2.45) is 5.14 Å². The molecule has 0 heterocycles. The summed E-state index contributed by atoms with van der Waals surface area (Å²) in [6, 6.07) is 10.2. The van der Waals surface area contributed by atoms with E-state index in [2.05, 4.69) is 0 Å². The topological polar surface area (TPSA) is 150 Å². The Bertz CT molecular complexity index is 933. The number of anilines is 1. The molecule has 0 radical (unpaired) electrons. The van der Waals surface area contributed by atoms with Crippen molar-refractivity contribution in [3.05, 3.63) is 68.3 Å². The van der Waals surface area contributed by atoms with Crippen LogP contribution >= 0.6 is 11.6 Å². The van der Waals surface area contributed by atoms with Gasteiger partial charge in [0, 0.05) is 31.1 Å². The van der Waals surface area contributed by atoms with Crippen LogP contribution in [0.3, 0.4) is 0 Å². The molecule has 0 fully saturated rings. The molecule has 2 aromatic carbocycles. The fraction of sp³-hybridized carbons (Fsp3) is 0.200. The number of nitrogens with two attached hydrogens (primary N) is 1. The maximum Gasteiger partial charge on any atom is 0.301 e. The van der Waals surface area contributed by atoms with Crippen LogP contribution in [0.25, 0.3) is 0 Å². The van der Waals surface area contributed by atoms with E-state index in [1.54, 1.807) is 30.3 Å². The summed E-state index contributed by atoms with van der Waals surface area (Å²) in [5.74, 6) is 0.0398. The second-order valence-corrected chi connectivity index (χ2v) is 7.40. The Balaban J connectivity index is 2.73. The molecule has 0 unspecified atom stereocenters. The van der Waals surface area contributed by atoms with Gasteiger partial charge in [-0.3, -0.25) is 20.2 Å². The molecule has 0 amide bonds. The van der Waals surface area contributed by atoms with Crippen molar-refractivity contribution in [2.45, 2.75) is 11.4 Å². The molecule has 2 rings (SSSR count). The van der Waals surface area contributed by atoms with Crippen molar-refractivity contribution in [1.82, 2.24) is 0 Å². The highest BCUT2D eigenvalue weighted by atomic mass is 35.5. The number of sulfonamides is 1. The van der Waals surface area contributed by atoms with E-state index in [9.17, 15) is 28.6 Å². The highest BCUT2D eigenvalue weighted by Crippen LogP contribution is 2.40. The Morgan fingerprint density at radius 3 is 1.96 bits per heavy atom. The highest BCUT2D eigenvalue weighted by molar-refractivity contribution is 7.89. The van der Waals surface area contributed by atoms with Gasteiger partial charge in [-0.15, -0.1) is 11.6 Å². The Kier molecular flexibility index (Phi) is 6.31. The molecular weight excluding hydrogens is 400 g/mol. The molecule has 2 N–H and O–H groups in total. The number of nitrogens with zero attached hydrogens (tertiary/aromatic N) is 3. The lowest BCUT2D eigenvalue weighted by Crippen LogP contribution is -2.27. The minimum atomic E-state index is -4.38. The molecule has 0 saturated carbocycles. The maximum atomic E-state index is 11.6. The molecule has 0 aromatic heterocycles. The van der Waals surface area contributed by atoms with Crippen molar-refractivity contribution >= 4 is 38.7 Å². The summed E-state index contributed by atoms with van der Waals surface area (Å²) >= 11 is 5.78. The molecule has 0 saturated heterocycles. The SMILES string of the molecule is NS(=O)(=O)c1cc([N+](=O)[O-])c(N(CCCl)Cc2ccccc2)c([N+](=O)[O-])c1. The summed E-state index contributed by atoms with van der Waals surface area (Å²) < 4.78 is 23.2. The number of alkyl halides is 1. The number of halogens is 1.